The standard InChI is InChI=1S/C11H11NO4S/c1-6-2-3-8-7(4-6)5-9(17(14,15)16)10(12)11(8)13/h2-5,13H,12H2,1H3,(H,14,15,16). The highest BCUT2D eigenvalue weighted by Crippen LogP contribution is 2.36. The van der Waals surface area contributed by atoms with Gasteiger partial charge in [0.1, 0.15) is 10.6 Å². The van der Waals surface area contributed by atoms with E-state index in [0.717, 1.165) is 5.56 Å². The number of fused-ring (bicyclic) bond motifs is 1. The first kappa shape index (κ1) is 11.7. The van der Waals surface area contributed by atoms with Gasteiger partial charge in [-0.05, 0) is 18.4 Å². The molecule has 0 saturated heterocycles. The van der Waals surface area contributed by atoms with Crippen molar-refractivity contribution in [1.29, 1.82) is 0 Å². The van der Waals surface area contributed by atoms with E-state index >= 15 is 0 Å². The lowest BCUT2D eigenvalue weighted by molar-refractivity contribution is 0.473. The number of phenols is 1. The summed E-state index contributed by atoms with van der Waals surface area (Å²) in [5, 5.41) is 10.7. The number of hydrogen-bond acceptors (Lipinski definition) is 4. The van der Waals surface area contributed by atoms with Crippen molar-refractivity contribution in [1.82, 2.24) is 0 Å². The average molecular weight is 253 g/mol. The van der Waals surface area contributed by atoms with Crippen LogP contribution in [0, 0.1) is 6.92 Å². The minimum absolute atomic E-state index is 0.338. The van der Waals surface area contributed by atoms with Gasteiger partial charge in [-0.15, -0.1) is 0 Å². The summed E-state index contributed by atoms with van der Waals surface area (Å²) in [5.74, 6) is -0.338. The summed E-state index contributed by atoms with van der Waals surface area (Å²) in [6, 6.07) is 6.36. The van der Waals surface area contributed by atoms with Crippen LogP contribution < -0.4 is 5.73 Å². The lowest BCUT2D eigenvalue weighted by Gasteiger charge is -2.09. The third-order valence-electron chi connectivity index (χ3n) is 2.55. The van der Waals surface area contributed by atoms with E-state index in [-0.39, 0.29) is 11.4 Å². The molecule has 0 atom stereocenters. The van der Waals surface area contributed by atoms with Crippen LogP contribution in [0.5, 0.6) is 5.75 Å². The van der Waals surface area contributed by atoms with E-state index in [4.69, 9.17) is 10.3 Å². The van der Waals surface area contributed by atoms with Crippen molar-refractivity contribution in [2.24, 2.45) is 0 Å². The topological polar surface area (TPSA) is 101 Å². The van der Waals surface area contributed by atoms with Crippen molar-refractivity contribution in [2.75, 3.05) is 5.73 Å². The Morgan fingerprint density at radius 1 is 1.24 bits per heavy atom. The number of anilines is 1. The van der Waals surface area contributed by atoms with Gasteiger partial charge in [0.2, 0.25) is 0 Å². The summed E-state index contributed by atoms with van der Waals surface area (Å²) in [6.07, 6.45) is 0. The van der Waals surface area contributed by atoms with Crippen LogP contribution in [0.1, 0.15) is 5.56 Å². The Labute approximate surface area is 98.2 Å². The van der Waals surface area contributed by atoms with Crippen LogP contribution in [0.15, 0.2) is 29.2 Å². The molecule has 4 N–H and O–H groups in total. The highest BCUT2D eigenvalue weighted by atomic mass is 32.2. The molecule has 90 valence electrons. The number of phenolic OH excluding ortho intramolecular Hbond substituents is 1. The Morgan fingerprint density at radius 2 is 1.88 bits per heavy atom. The third-order valence-corrected chi connectivity index (χ3v) is 3.44. The Hall–Kier alpha value is -1.79. The molecule has 2 aromatic rings. The van der Waals surface area contributed by atoms with Gasteiger partial charge in [-0.3, -0.25) is 4.55 Å². The largest absolute Gasteiger partial charge is 0.505 e. The number of nitrogen functional groups attached to an aromatic ring is 1. The predicted octanol–water partition coefficient (Wildman–Crippen LogP) is 1.68. The van der Waals surface area contributed by atoms with Crippen LogP contribution in [0.25, 0.3) is 10.8 Å². The fourth-order valence-electron chi connectivity index (χ4n) is 1.71. The third kappa shape index (κ3) is 1.92. The van der Waals surface area contributed by atoms with E-state index in [0.29, 0.717) is 10.8 Å². The first-order valence-corrected chi connectivity index (χ1v) is 6.24. The van der Waals surface area contributed by atoms with Crippen molar-refractivity contribution in [2.45, 2.75) is 11.8 Å². The van der Waals surface area contributed by atoms with Crippen molar-refractivity contribution >= 4 is 26.6 Å². The first-order valence-electron chi connectivity index (χ1n) is 4.80. The molecule has 0 fully saturated rings. The van der Waals surface area contributed by atoms with E-state index in [9.17, 15) is 13.5 Å². The molecule has 0 amide bonds. The molecular weight excluding hydrogens is 242 g/mol. The molecule has 0 heterocycles. The molecule has 0 saturated carbocycles. The molecule has 0 aliphatic carbocycles. The summed E-state index contributed by atoms with van der Waals surface area (Å²) in [4.78, 5) is -0.479. The second kappa shape index (κ2) is 3.61. The smallest absolute Gasteiger partial charge is 0.296 e. The van der Waals surface area contributed by atoms with E-state index < -0.39 is 15.0 Å². The normalized spacial score (nSPS) is 11.9. The number of benzene rings is 2. The Morgan fingerprint density at radius 3 is 2.47 bits per heavy atom. The van der Waals surface area contributed by atoms with Crippen LogP contribution in [0.2, 0.25) is 0 Å². The molecular formula is C11H11NO4S. The minimum atomic E-state index is -4.45. The maximum atomic E-state index is 11.1. The average Bonchev–Trinajstić information content (AvgIpc) is 2.21. The molecule has 5 nitrogen and oxygen atoms in total. The number of rotatable bonds is 1. The monoisotopic (exact) mass is 253 g/mol. The molecule has 6 heteroatoms. The van der Waals surface area contributed by atoms with E-state index in [1.54, 1.807) is 18.2 Å². The summed E-state index contributed by atoms with van der Waals surface area (Å²) in [5.41, 5.74) is 6.05. The zero-order valence-corrected chi connectivity index (χ0v) is 9.82. The highest BCUT2D eigenvalue weighted by molar-refractivity contribution is 7.86. The molecule has 0 spiro atoms. The second-order valence-corrected chi connectivity index (χ2v) is 5.23. The van der Waals surface area contributed by atoms with Gasteiger partial charge in [0, 0.05) is 5.39 Å². The maximum Gasteiger partial charge on any atom is 0.296 e. The van der Waals surface area contributed by atoms with Crippen LogP contribution in [0.3, 0.4) is 0 Å². The summed E-state index contributed by atoms with van der Waals surface area (Å²) < 4.78 is 31.2. The van der Waals surface area contributed by atoms with Gasteiger partial charge in [-0.2, -0.15) is 8.42 Å². The molecule has 0 unspecified atom stereocenters. The summed E-state index contributed by atoms with van der Waals surface area (Å²) in [7, 11) is -4.45. The van der Waals surface area contributed by atoms with Gasteiger partial charge in [-0.25, -0.2) is 0 Å². The molecule has 2 aromatic carbocycles. The van der Waals surface area contributed by atoms with Gasteiger partial charge in [0.25, 0.3) is 10.1 Å². The van der Waals surface area contributed by atoms with Crippen LogP contribution >= 0.6 is 0 Å². The number of aryl methyl sites for hydroxylation is 1. The van der Waals surface area contributed by atoms with Gasteiger partial charge in [0.15, 0.2) is 0 Å². The van der Waals surface area contributed by atoms with Crippen LogP contribution in [0.4, 0.5) is 5.69 Å². The summed E-state index contributed by atoms with van der Waals surface area (Å²) >= 11 is 0. The van der Waals surface area contributed by atoms with Gasteiger partial charge >= 0.3 is 0 Å². The number of nitrogens with two attached hydrogens (primary N) is 1. The SMILES string of the molecule is Cc1ccc2c(O)c(N)c(S(=O)(=O)O)cc2c1. The zero-order valence-electron chi connectivity index (χ0n) is 9.01. The molecule has 17 heavy (non-hydrogen) atoms. The van der Waals surface area contributed by atoms with E-state index in [1.807, 2.05) is 6.92 Å². The lowest BCUT2D eigenvalue weighted by atomic mass is 10.1. The van der Waals surface area contributed by atoms with Gasteiger partial charge in [-0.1, -0.05) is 23.8 Å². The minimum Gasteiger partial charge on any atom is -0.505 e. The molecule has 0 bridgehead atoms. The molecule has 0 aliphatic rings. The van der Waals surface area contributed by atoms with Gasteiger partial charge in [0.05, 0.1) is 5.69 Å². The van der Waals surface area contributed by atoms with Crippen molar-refractivity contribution < 1.29 is 18.1 Å². The Kier molecular flexibility index (Phi) is 2.48. The van der Waals surface area contributed by atoms with Crippen molar-refractivity contribution in [3.05, 3.63) is 29.8 Å². The fraction of sp³-hybridized carbons (Fsp3) is 0.0909. The number of aromatic hydroxyl groups is 1. The molecule has 0 aromatic heterocycles. The Balaban J connectivity index is 2.95. The zero-order chi connectivity index (χ0) is 12.8. The van der Waals surface area contributed by atoms with Crippen LogP contribution in [-0.2, 0) is 10.1 Å². The molecule has 0 radical (unpaired) electrons. The Bertz CT molecular complexity index is 707. The molecule has 2 rings (SSSR count). The first-order chi connectivity index (χ1) is 7.80. The maximum absolute atomic E-state index is 11.1. The quantitative estimate of drug-likeness (QED) is 0.408. The van der Waals surface area contributed by atoms with E-state index in [1.165, 1.54) is 6.07 Å². The van der Waals surface area contributed by atoms with Gasteiger partial charge < -0.3 is 10.8 Å². The molecule has 0 aliphatic heterocycles. The fourth-order valence-corrected chi connectivity index (χ4v) is 2.36. The van der Waals surface area contributed by atoms with Crippen molar-refractivity contribution in [3.8, 4) is 5.75 Å². The number of hydrogen-bond donors (Lipinski definition) is 3. The lowest BCUT2D eigenvalue weighted by Crippen LogP contribution is -2.03. The van der Waals surface area contributed by atoms with Crippen LogP contribution in [-0.4, -0.2) is 18.1 Å². The highest BCUT2D eigenvalue weighted by Gasteiger charge is 2.19. The van der Waals surface area contributed by atoms with Crippen molar-refractivity contribution in [3.63, 3.8) is 0 Å². The van der Waals surface area contributed by atoms with E-state index in [2.05, 4.69) is 0 Å². The predicted molar refractivity (Wildman–Crippen MR) is 64.6 cm³/mol. The summed E-state index contributed by atoms with van der Waals surface area (Å²) in [6.45, 7) is 1.83. The second-order valence-electron chi connectivity index (χ2n) is 3.84.